The molecule has 0 fully saturated rings. The predicted octanol–water partition coefficient (Wildman–Crippen LogP) is 9.34. The van der Waals surface area contributed by atoms with Gasteiger partial charge >= 0.3 is 0 Å². The van der Waals surface area contributed by atoms with Crippen LogP contribution in [-0.4, -0.2) is 0 Å². The first-order valence-corrected chi connectivity index (χ1v) is 11.7. The lowest BCUT2D eigenvalue weighted by atomic mass is 10.1. The highest BCUT2D eigenvalue weighted by atomic mass is 14.2. The second-order valence-electron chi connectivity index (χ2n) is 8.60. The molecule has 0 atom stereocenters. The van der Waals surface area contributed by atoms with E-state index in [2.05, 4.69) is 146 Å². The Bertz CT molecular complexity index is 1430. The second-order valence-corrected chi connectivity index (χ2v) is 8.60. The minimum Gasteiger partial charge on any atom is -0.0622 e. The maximum Gasteiger partial charge on any atom is -0.0105 e. The lowest BCUT2D eigenvalue weighted by Gasteiger charge is -1.99. The first-order chi connectivity index (χ1) is 16.9. The van der Waals surface area contributed by atoms with Crippen molar-refractivity contribution in [3.8, 4) is 33.4 Å². The highest BCUT2D eigenvalue weighted by Crippen LogP contribution is 2.36. The van der Waals surface area contributed by atoms with Gasteiger partial charge in [0.15, 0.2) is 0 Å². The molecular formula is C34H24. The van der Waals surface area contributed by atoms with Gasteiger partial charge < -0.3 is 0 Å². The molecule has 0 aromatic rings. The maximum absolute atomic E-state index is 2.30. The molecule has 0 bridgehead atoms. The van der Waals surface area contributed by atoms with E-state index in [-0.39, 0.29) is 0 Å². The Balaban J connectivity index is 1.38. The van der Waals surface area contributed by atoms with Gasteiger partial charge in [-0.15, -0.1) is 0 Å². The molecule has 0 heteroatoms. The van der Waals surface area contributed by atoms with Crippen molar-refractivity contribution in [1.29, 1.82) is 0 Å². The van der Waals surface area contributed by atoms with Gasteiger partial charge in [-0.3, -0.25) is 0 Å². The molecule has 160 valence electrons. The van der Waals surface area contributed by atoms with Crippen LogP contribution in [0, 0.1) is 0 Å². The van der Waals surface area contributed by atoms with Crippen LogP contribution in [0.5, 0.6) is 0 Å². The summed E-state index contributed by atoms with van der Waals surface area (Å²) in [6.07, 6.45) is 8.98. The first-order valence-electron chi connectivity index (χ1n) is 11.7. The fourth-order valence-electron chi connectivity index (χ4n) is 4.78. The van der Waals surface area contributed by atoms with Crippen LogP contribution < -0.4 is 0 Å². The van der Waals surface area contributed by atoms with Gasteiger partial charge in [-0.25, -0.2) is 0 Å². The second kappa shape index (κ2) is 8.84. The molecule has 0 aromatic carbocycles. The van der Waals surface area contributed by atoms with Crippen LogP contribution in [0.2, 0.25) is 0 Å². The lowest BCUT2D eigenvalue weighted by Crippen LogP contribution is -1.74. The van der Waals surface area contributed by atoms with Crippen LogP contribution in [0.3, 0.4) is 0 Å². The van der Waals surface area contributed by atoms with Crippen molar-refractivity contribution in [2.45, 2.75) is 0 Å². The van der Waals surface area contributed by atoms with Gasteiger partial charge in [-0.05, 0) is 61.7 Å². The Morgan fingerprint density at radius 3 is 1.15 bits per heavy atom. The van der Waals surface area contributed by atoms with Gasteiger partial charge in [0.25, 0.3) is 0 Å². The van der Waals surface area contributed by atoms with Gasteiger partial charge in [0.1, 0.15) is 0 Å². The van der Waals surface area contributed by atoms with Crippen LogP contribution in [0.15, 0.2) is 121 Å². The molecule has 6 rings (SSSR count). The third-order valence-corrected chi connectivity index (χ3v) is 6.51. The highest BCUT2D eigenvalue weighted by Gasteiger charge is 2.12. The van der Waals surface area contributed by atoms with E-state index in [0.29, 0.717) is 0 Å². The molecule has 0 N–H and O–H groups in total. The number of hydrogen-bond acceptors (Lipinski definition) is 0. The summed E-state index contributed by atoms with van der Waals surface area (Å²) < 4.78 is 0. The third-order valence-electron chi connectivity index (χ3n) is 6.51. The molecule has 6 aliphatic rings. The van der Waals surface area contributed by atoms with Gasteiger partial charge in [-0.2, -0.15) is 0 Å². The monoisotopic (exact) mass is 432 g/mol. The van der Waals surface area contributed by atoms with Gasteiger partial charge in [0.05, 0.1) is 0 Å². The van der Waals surface area contributed by atoms with E-state index in [1.54, 1.807) is 0 Å². The zero-order chi connectivity index (χ0) is 22.7. The molecule has 34 heavy (non-hydrogen) atoms. The fourth-order valence-corrected chi connectivity index (χ4v) is 4.78. The first kappa shape index (κ1) is 20.2. The minimum absolute atomic E-state index is 1.24. The van der Waals surface area contributed by atoms with Crippen molar-refractivity contribution in [3.05, 3.63) is 144 Å². The summed E-state index contributed by atoms with van der Waals surface area (Å²) >= 11 is 0. The molecule has 0 unspecified atom stereocenters. The topological polar surface area (TPSA) is 0 Å². The summed E-state index contributed by atoms with van der Waals surface area (Å²) in [6.45, 7) is 0. The van der Waals surface area contributed by atoms with Gasteiger partial charge in [0, 0.05) is 0 Å². The van der Waals surface area contributed by atoms with Crippen molar-refractivity contribution in [2.24, 2.45) is 0 Å². The summed E-state index contributed by atoms with van der Waals surface area (Å²) in [5.41, 5.74) is 12.6. The van der Waals surface area contributed by atoms with Crippen LogP contribution in [0.25, 0.3) is 57.7 Å². The van der Waals surface area contributed by atoms with Crippen LogP contribution >= 0.6 is 0 Å². The summed E-state index contributed by atoms with van der Waals surface area (Å²) in [6, 6.07) is 43.1. The molecule has 0 aromatic heterocycles. The number of rotatable bonds is 4. The van der Waals surface area contributed by atoms with Crippen molar-refractivity contribution in [2.75, 3.05) is 0 Å². The van der Waals surface area contributed by atoms with Crippen LogP contribution in [-0.2, 0) is 0 Å². The van der Waals surface area contributed by atoms with E-state index in [9.17, 15) is 0 Å². The Morgan fingerprint density at radius 1 is 0.294 bits per heavy atom. The van der Waals surface area contributed by atoms with Gasteiger partial charge in [0.2, 0.25) is 0 Å². The zero-order valence-corrected chi connectivity index (χ0v) is 18.9. The fraction of sp³-hybridized carbons (Fsp3) is 0. The molecule has 6 aliphatic carbocycles. The molecular weight excluding hydrogens is 408 g/mol. The zero-order valence-electron chi connectivity index (χ0n) is 18.9. The highest BCUT2D eigenvalue weighted by molar-refractivity contribution is 5.94. The van der Waals surface area contributed by atoms with Crippen molar-refractivity contribution in [1.82, 2.24) is 0 Å². The normalized spacial score (nSPS) is 11.9. The molecule has 0 amide bonds. The molecule has 0 nitrogen and oxygen atoms in total. The molecule has 0 heterocycles. The summed E-state index contributed by atoms with van der Waals surface area (Å²) in [7, 11) is 0. The average molecular weight is 433 g/mol. The van der Waals surface area contributed by atoms with E-state index in [1.165, 1.54) is 55.6 Å². The quantitative estimate of drug-likeness (QED) is 0.260. The Kier molecular flexibility index (Phi) is 5.26. The SMILES string of the molecule is C(=Cc1cc(C=Cc2ccc3cccccc2-3)c2cccccc1-2)c1ccc2cccccc1-2. The van der Waals surface area contributed by atoms with E-state index >= 15 is 0 Å². The molecule has 0 spiro atoms. The summed E-state index contributed by atoms with van der Waals surface area (Å²) in [5.74, 6) is 0. The Hall–Kier alpha value is -4.42. The van der Waals surface area contributed by atoms with Crippen LogP contribution in [0.4, 0.5) is 0 Å². The van der Waals surface area contributed by atoms with E-state index < -0.39 is 0 Å². The van der Waals surface area contributed by atoms with E-state index in [0.717, 1.165) is 0 Å². The molecule has 0 saturated heterocycles. The summed E-state index contributed by atoms with van der Waals surface area (Å²) in [5, 5.41) is 0. The minimum atomic E-state index is 1.24. The smallest absolute Gasteiger partial charge is 0.0105 e. The molecule has 0 radical (unpaired) electrons. The average Bonchev–Trinajstić information content (AvgIpc) is 3.27. The van der Waals surface area contributed by atoms with Crippen molar-refractivity contribution < 1.29 is 0 Å². The van der Waals surface area contributed by atoms with Crippen molar-refractivity contribution >= 4 is 24.3 Å². The Labute approximate surface area is 201 Å². The van der Waals surface area contributed by atoms with Gasteiger partial charge in [-0.1, -0.05) is 140 Å². The van der Waals surface area contributed by atoms with Crippen molar-refractivity contribution in [3.63, 3.8) is 0 Å². The Morgan fingerprint density at radius 2 is 0.676 bits per heavy atom. The third kappa shape index (κ3) is 3.80. The van der Waals surface area contributed by atoms with E-state index in [1.807, 2.05) is 0 Å². The summed E-state index contributed by atoms with van der Waals surface area (Å²) in [4.78, 5) is 0. The molecule has 0 aliphatic heterocycles. The number of fused-ring (bicyclic) bond motifs is 3. The number of hydrogen-bond donors (Lipinski definition) is 0. The lowest BCUT2D eigenvalue weighted by molar-refractivity contribution is 1.77. The largest absolute Gasteiger partial charge is 0.0622 e. The van der Waals surface area contributed by atoms with E-state index in [4.69, 9.17) is 0 Å². The standard InChI is InChI=1S/C34H24/c1-4-10-25-16-18-27(31(25)12-6-1)20-22-29-24-30(34-15-9-3-8-14-33(29)34)23-21-28-19-17-26-11-5-2-7-13-32(26)28/h1-24H. The predicted molar refractivity (Wildman–Crippen MR) is 147 cm³/mol. The molecule has 0 saturated carbocycles. The maximum atomic E-state index is 2.30. The van der Waals surface area contributed by atoms with Crippen LogP contribution in [0.1, 0.15) is 22.3 Å².